The van der Waals surface area contributed by atoms with Gasteiger partial charge in [0.1, 0.15) is 0 Å². The number of rotatable bonds is 10. The van der Waals surface area contributed by atoms with E-state index in [1.54, 1.807) is 0 Å². The first-order valence-electron chi connectivity index (χ1n) is 8.70. The molecule has 0 heterocycles. The fourth-order valence-electron chi connectivity index (χ4n) is 3.43. The Morgan fingerprint density at radius 2 is 1.84 bits per heavy atom. The zero-order valence-corrected chi connectivity index (χ0v) is 13.8. The molecule has 114 valence electrons. The summed E-state index contributed by atoms with van der Waals surface area (Å²) in [5.74, 6) is 1.78. The van der Waals surface area contributed by atoms with Gasteiger partial charge >= 0.3 is 0 Å². The summed E-state index contributed by atoms with van der Waals surface area (Å²) in [6.07, 6.45) is 8.17. The molecule has 0 radical (unpaired) electrons. The molecule has 1 aliphatic carbocycles. The Balaban J connectivity index is 2.40. The van der Waals surface area contributed by atoms with Crippen LogP contribution in [-0.2, 0) is 0 Å². The lowest BCUT2D eigenvalue weighted by molar-refractivity contribution is 0.189. The van der Waals surface area contributed by atoms with Crippen LogP contribution in [0.25, 0.3) is 0 Å². The van der Waals surface area contributed by atoms with Gasteiger partial charge in [0.25, 0.3) is 0 Å². The molecule has 2 unspecified atom stereocenters. The van der Waals surface area contributed by atoms with E-state index in [1.165, 1.54) is 64.7 Å². The van der Waals surface area contributed by atoms with E-state index in [0.29, 0.717) is 0 Å². The molecule has 0 aromatic heterocycles. The Hall–Kier alpha value is -0.0800. The lowest BCUT2D eigenvalue weighted by Gasteiger charge is -2.30. The molecular weight excluding hydrogens is 232 g/mol. The third-order valence-corrected chi connectivity index (χ3v) is 4.93. The van der Waals surface area contributed by atoms with Gasteiger partial charge < -0.3 is 10.2 Å². The lowest BCUT2D eigenvalue weighted by Crippen LogP contribution is -2.41. The minimum atomic E-state index is 0.788. The Labute approximate surface area is 121 Å². The molecule has 1 fully saturated rings. The van der Waals surface area contributed by atoms with Crippen molar-refractivity contribution < 1.29 is 0 Å². The van der Waals surface area contributed by atoms with Gasteiger partial charge in [-0.25, -0.2) is 0 Å². The van der Waals surface area contributed by atoms with Gasteiger partial charge in [0.2, 0.25) is 0 Å². The molecule has 1 N–H and O–H groups in total. The maximum atomic E-state index is 3.77. The molecule has 2 nitrogen and oxygen atoms in total. The van der Waals surface area contributed by atoms with Gasteiger partial charge in [-0.1, -0.05) is 47.0 Å². The Morgan fingerprint density at radius 3 is 2.42 bits per heavy atom. The van der Waals surface area contributed by atoms with Crippen molar-refractivity contribution in [1.29, 1.82) is 0 Å². The molecule has 0 aliphatic heterocycles. The summed E-state index contributed by atoms with van der Waals surface area (Å²) >= 11 is 0. The minimum absolute atomic E-state index is 0.788. The van der Waals surface area contributed by atoms with Gasteiger partial charge in [-0.15, -0.1) is 0 Å². The molecule has 0 amide bonds. The van der Waals surface area contributed by atoms with Crippen LogP contribution in [0.3, 0.4) is 0 Å². The Kier molecular flexibility index (Phi) is 8.72. The SMILES string of the molecule is CCCNC1CCCC1CN(CC)CC(CC)CC. The quantitative estimate of drug-likeness (QED) is 0.646. The highest BCUT2D eigenvalue weighted by Crippen LogP contribution is 2.27. The lowest BCUT2D eigenvalue weighted by atomic mass is 9.99. The maximum Gasteiger partial charge on any atom is 0.0107 e. The van der Waals surface area contributed by atoms with Crippen LogP contribution in [0.1, 0.15) is 66.2 Å². The summed E-state index contributed by atoms with van der Waals surface area (Å²) in [6.45, 7) is 14.3. The standard InChI is InChI=1S/C17H36N2/c1-5-12-18-17-11-9-10-16(17)14-19(8-4)13-15(6-2)7-3/h15-18H,5-14H2,1-4H3. The van der Waals surface area contributed by atoms with Crippen molar-refractivity contribution in [3.8, 4) is 0 Å². The van der Waals surface area contributed by atoms with Crippen molar-refractivity contribution >= 4 is 0 Å². The van der Waals surface area contributed by atoms with Crippen LogP contribution in [0, 0.1) is 11.8 Å². The van der Waals surface area contributed by atoms with Gasteiger partial charge in [-0.3, -0.25) is 0 Å². The molecular formula is C17H36N2. The molecule has 0 bridgehead atoms. The first kappa shape index (κ1) is 17.0. The first-order valence-corrected chi connectivity index (χ1v) is 8.70. The van der Waals surface area contributed by atoms with E-state index in [2.05, 4.69) is 37.9 Å². The molecule has 19 heavy (non-hydrogen) atoms. The number of nitrogens with zero attached hydrogens (tertiary/aromatic N) is 1. The van der Waals surface area contributed by atoms with E-state index in [-0.39, 0.29) is 0 Å². The fraction of sp³-hybridized carbons (Fsp3) is 1.00. The third kappa shape index (κ3) is 5.83. The van der Waals surface area contributed by atoms with Gasteiger partial charge in [0, 0.05) is 19.1 Å². The molecule has 0 aromatic rings. The van der Waals surface area contributed by atoms with Crippen molar-refractivity contribution in [2.75, 3.05) is 26.2 Å². The Bertz CT molecular complexity index is 213. The average Bonchev–Trinajstić information content (AvgIpc) is 2.88. The van der Waals surface area contributed by atoms with Crippen LogP contribution in [0.4, 0.5) is 0 Å². The molecule has 1 rings (SSSR count). The van der Waals surface area contributed by atoms with E-state index in [4.69, 9.17) is 0 Å². The summed E-state index contributed by atoms with van der Waals surface area (Å²) in [4.78, 5) is 2.70. The second-order valence-corrected chi connectivity index (χ2v) is 6.29. The summed E-state index contributed by atoms with van der Waals surface area (Å²) in [6, 6.07) is 0.788. The summed E-state index contributed by atoms with van der Waals surface area (Å²) in [5.41, 5.74) is 0. The van der Waals surface area contributed by atoms with E-state index in [0.717, 1.165) is 17.9 Å². The van der Waals surface area contributed by atoms with Crippen molar-refractivity contribution in [2.45, 2.75) is 72.3 Å². The van der Waals surface area contributed by atoms with Crippen molar-refractivity contribution in [1.82, 2.24) is 10.2 Å². The van der Waals surface area contributed by atoms with Gasteiger partial charge in [0.15, 0.2) is 0 Å². The smallest absolute Gasteiger partial charge is 0.0107 e. The highest BCUT2D eigenvalue weighted by molar-refractivity contribution is 4.85. The van der Waals surface area contributed by atoms with E-state index >= 15 is 0 Å². The van der Waals surface area contributed by atoms with Crippen LogP contribution < -0.4 is 5.32 Å². The Morgan fingerprint density at radius 1 is 1.11 bits per heavy atom. The number of hydrogen-bond donors (Lipinski definition) is 1. The molecule has 1 saturated carbocycles. The van der Waals surface area contributed by atoms with Crippen LogP contribution in [0.15, 0.2) is 0 Å². The molecule has 2 heteroatoms. The molecule has 0 spiro atoms. The topological polar surface area (TPSA) is 15.3 Å². The van der Waals surface area contributed by atoms with Gasteiger partial charge in [0.05, 0.1) is 0 Å². The fourth-order valence-corrected chi connectivity index (χ4v) is 3.43. The van der Waals surface area contributed by atoms with Crippen LogP contribution in [0.5, 0.6) is 0 Å². The summed E-state index contributed by atoms with van der Waals surface area (Å²) in [7, 11) is 0. The number of hydrogen-bond acceptors (Lipinski definition) is 2. The predicted octanol–water partition coefficient (Wildman–Crippen LogP) is 3.91. The molecule has 0 aromatic carbocycles. The van der Waals surface area contributed by atoms with E-state index in [1.807, 2.05) is 0 Å². The summed E-state index contributed by atoms with van der Waals surface area (Å²) < 4.78 is 0. The molecule has 2 atom stereocenters. The van der Waals surface area contributed by atoms with E-state index in [9.17, 15) is 0 Å². The maximum absolute atomic E-state index is 3.77. The largest absolute Gasteiger partial charge is 0.314 e. The second kappa shape index (κ2) is 9.77. The summed E-state index contributed by atoms with van der Waals surface area (Å²) in [5, 5.41) is 3.77. The second-order valence-electron chi connectivity index (χ2n) is 6.29. The van der Waals surface area contributed by atoms with Crippen molar-refractivity contribution in [2.24, 2.45) is 11.8 Å². The average molecular weight is 268 g/mol. The van der Waals surface area contributed by atoms with E-state index < -0.39 is 0 Å². The highest BCUT2D eigenvalue weighted by atomic mass is 15.1. The minimum Gasteiger partial charge on any atom is -0.314 e. The molecule has 0 saturated heterocycles. The first-order chi connectivity index (χ1) is 9.24. The van der Waals surface area contributed by atoms with Gasteiger partial charge in [-0.2, -0.15) is 0 Å². The highest BCUT2D eigenvalue weighted by Gasteiger charge is 2.28. The van der Waals surface area contributed by atoms with Crippen LogP contribution >= 0.6 is 0 Å². The van der Waals surface area contributed by atoms with Gasteiger partial charge in [-0.05, 0) is 44.2 Å². The number of nitrogens with one attached hydrogen (secondary N) is 1. The predicted molar refractivity (Wildman–Crippen MR) is 85.6 cm³/mol. The third-order valence-electron chi connectivity index (χ3n) is 4.93. The molecule has 1 aliphatic rings. The van der Waals surface area contributed by atoms with Crippen molar-refractivity contribution in [3.05, 3.63) is 0 Å². The monoisotopic (exact) mass is 268 g/mol. The van der Waals surface area contributed by atoms with Crippen LogP contribution in [0.2, 0.25) is 0 Å². The van der Waals surface area contributed by atoms with Crippen molar-refractivity contribution in [3.63, 3.8) is 0 Å². The zero-order chi connectivity index (χ0) is 14.1. The normalized spacial score (nSPS) is 23.7. The zero-order valence-electron chi connectivity index (χ0n) is 13.8. The van der Waals surface area contributed by atoms with Crippen LogP contribution in [-0.4, -0.2) is 37.1 Å².